The number of carbonyl (C=O) groups is 1. The largest absolute Gasteiger partial charge is 0.392 e. The topological polar surface area (TPSA) is 92.5 Å². The molecule has 0 aromatic heterocycles. The fraction of sp³-hybridized carbons (Fsp3) is 0.136. The monoisotopic (exact) mass is 410 g/mol. The van der Waals surface area contributed by atoms with E-state index in [1.807, 2.05) is 36.4 Å². The summed E-state index contributed by atoms with van der Waals surface area (Å²) in [7, 11) is 0. The van der Waals surface area contributed by atoms with E-state index in [1.54, 1.807) is 24.3 Å². The molecule has 0 fully saturated rings. The SMILES string of the molecule is O=C(NCCc1ccc(CO)cc1[N+](=O)[O-])c1ccc(-c2ccc(Cl)cc2)cc1. The molecule has 3 aromatic rings. The highest BCUT2D eigenvalue weighted by atomic mass is 35.5. The third kappa shape index (κ3) is 5.19. The predicted molar refractivity (Wildman–Crippen MR) is 112 cm³/mol. The van der Waals surface area contributed by atoms with Gasteiger partial charge in [-0.3, -0.25) is 14.9 Å². The molecule has 7 heteroatoms. The normalized spacial score (nSPS) is 10.6. The smallest absolute Gasteiger partial charge is 0.273 e. The van der Waals surface area contributed by atoms with Crippen molar-refractivity contribution in [1.29, 1.82) is 0 Å². The molecule has 0 spiro atoms. The number of aliphatic hydroxyl groups is 1. The number of aliphatic hydroxyl groups excluding tert-OH is 1. The fourth-order valence-corrected chi connectivity index (χ4v) is 3.08. The van der Waals surface area contributed by atoms with Crippen molar-refractivity contribution in [3.8, 4) is 11.1 Å². The number of nitro groups is 1. The second-order valence-corrected chi connectivity index (χ2v) is 6.90. The Hall–Kier alpha value is -3.22. The summed E-state index contributed by atoms with van der Waals surface area (Å²) in [6, 6.07) is 19.2. The lowest BCUT2D eigenvalue weighted by molar-refractivity contribution is -0.385. The highest BCUT2D eigenvalue weighted by Gasteiger charge is 2.15. The molecule has 3 rings (SSSR count). The maximum absolute atomic E-state index is 12.4. The van der Waals surface area contributed by atoms with Crippen LogP contribution in [0.2, 0.25) is 5.02 Å². The molecule has 29 heavy (non-hydrogen) atoms. The number of nitro benzene ring substituents is 1. The van der Waals surface area contributed by atoms with Crippen molar-refractivity contribution in [2.24, 2.45) is 0 Å². The maximum atomic E-state index is 12.4. The summed E-state index contributed by atoms with van der Waals surface area (Å²) in [5.41, 5.74) is 3.40. The van der Waals surface area contributed by atoms with E-state index in [9.17, 15) is 14.9 Å². The first-order chi connectivity index (χ1) is 14.0. The van der Waals surface area contributed by atoms with Crippen LogP contribution >= 0.6 is 11.6 Å². The standard InChI is InChI=1S/C22H19ClN2O4/c23-20-9-7-17(8-10-20)16-3-5-19(6-4-16)22(27)24-12-11-18-2-1-15(14-26)13-21(18)25(28)29/h1-10,13,26H,11-12,14H2,(H,24,27). The number of benzene rings is 3. The van der Waals surface area contributed by atoms with Crippen LogP contribution in [-0.2, 0) is 13.0 Å². The van der Waals surface area contributed by atoms with Gasteiger partial charge < -0.3 is 10.4 Å². The quantitative estimate of drug-likeness (QED) is 0.446. The molecular formula is C22H19ClN2O4. The molecule has 2 N–H and O–H groups in total. The maximum Gasteiger partial charge on any atom is 0.273 e. The van der Waals surface area contributed by atoms with Crippen LogP contribution in [0.3, 0.4) is 0 Å². The van der Waals surface area contributed by atoms with Gasteiger partial charge in [0.05, 0.1) is 11.5 Å². The lowest BCUT2D eigenvalue weighted by atomic mass is 10.0. The first kappa shape index (κ1) is 20.5. The number of hydrogen-bond donors (Lipinski definition) is 2. The number of halogens is 1. The Kier molecular flexibility index (Phi) is 6.59. The highest BCUT2D eigenvalue weighted by molar-refractivity contribution is 6.30. The highest BCUT2D eigenvalue weighted by Crippen LogP contribution is 2.22. The molecule has 0 radical (unpaired) electrons. The molecule has 0 aliphatic carbocycles. The van der Waals surface area contributed by atoms with Crippen molar-refractivity contribution in [3.05, 3.63) is 98.6 Å². The molecule has 0 heterocycles. The fourth-order valence-electron chi connectivity index (χ4n) is 2.96. The van der Waals surface area contributed by atoms with Gasteiger partial charge in [0, 0.05) is 28.8 Å². The number of nitrogens with one attached hydrogen (secondary N) is 1. The van der Waals surface area contributed by atoms with Gasteiger partial charge >= 0.3 is 0 Å². The zero-order chi connectivity index (χ0) is 20.8. The van der Waals surface area contributed by atoms with E-state index in [0.717, 1.165) is 11.1 Å². The van der Waals surface area contributed by atoms with E-state index in [-0.39, 0.29) is 24.7 Å². The summed E-state index contributed by atoms with van der Waals surface area (Å²) in [6.07, 6.45) is 0.316. The first-order valence-corrected chi connectivity index (χ1v) is 9.37. The van der Waals surface area contributed by atoms with E-state index >= 15 is 0 Å². The van der Waals surface area contributed by atoms with Crippen molar-refractivity contribution in [2.45, 2.75) is 13.0 Å². The Morgan fingerprint density at radius 1 is 1.00 bits per heavy atom. The number of amides is 1. The van der Waals surface area contributed by atoms with Crippen molar-refractivity contribution in [3.63, 3.8) is 0 Å². The molecule has 0 aliphatic heterocycles. The summed E-state index contributed by atoms with van der Waals surface area (Å²) in [6.45, 7) is 0.000945. The summed E-state index contributed by atoms with van der Waals surface area (Å²) < 4.78 is 0. The molecule has 0 saturated heterocycles. The molecular weight excluding hydrogens is 392 g/mol. The van der Waals surface area contributed by atoms with Gasteiger partial charge in [-0.15, -0.1) is 0 Å². The average molecular weight is 411 g/mol. The van der Waals surface area contributed by atoms with E-state index in [1.165, 1.54) is 6.07 Å². The Bertz CT molecular complexity index is 1020. The molecule has 1 amide bonds. The minimum absolute atomic E-state index is 0.0573. The lowest BCUT2D eigenvalue weighted by Gasteiger charge is -2.08. The van der Waals surface area contributed by atoms with E-state index in [4.69, 9.17) is 16.7 Å². The van der Waals surface area contributed by atoms with Gasteiger partial charge in [-0.25, -0.2) is 0 Å². The van der Waals surface area contributed by atoms with Gasteiger partial charge in [-0.1, -0.05) is 48.0 Å². The van der Waals surface area contributed by atoms with Crippen LogP contribution in [0.4, 0.5) is 5.69 Å². The molecule has 0 bridgehead atoms. The number of carbonyl (C=O) groups excluding carboxylic acids is 1. The van der Waals surface area contributed by atoms with Crippen molar-refractivity contribution in [1.82, 2.24) is 5.32 Å². The zero-order valence-corrected chi connectivity index (χ0v) is 16.2. The molecule has 3 aromatic carbocycles. The summed E-state index contributed by atoms with van der Waals surface area (Å²) in [5.74, 6) is -0.248. The van der Waals surface area contributed by atoms with Gasteiger partial charge in [-0.05, 0) is 47.4 Å². The second-order valence-electron chi connectivity index (χ2n) is 6.47. The third-order valence-corrected chi connectivity index (χ3v) is 4.79. The van der Waals surface area contributed by atoms with Crippen LogP contribution in [0.25, 0.3) is 11.1 Å². The second kappa shape index (κ2) is 9.32. The number of rotatable bonds is 7. The Labute approximate surface area is 172 Å². The zero-order valence-electron chi connectivity index (χ0n) is 15.5. The third-order valence-electron chi connectivity index (χ3n) is 4.53. The minimum atomic E-state index is -0.480. The van der Waals surface area contributed by atoms with E-state index in [2.05, 4.69) is 5.32 Å². The minimum Gasteiger partial charge on any atom is -0.392 e. The summed E-state index contributed by atoms with van der Waals surface area (Å²) in [4.78, 5) is 23.1. The van der Waals surface area contributed by atoms with Gasteiger partial charge in [0.25, 0.3) is 11.6 Å². The molecule has 148 valence electrons. The molecule has 0 atom stereocenters. The van der Waals surface area contributed by atoms with Crippen LogP contribution in [0.5, 0.6) is 0 Å². The van der Waals surface area contributed by atoms with Crippen LogP contribution in [-0.4, -0.2) is 22.5 Å². The van der Waals surface area contributed by atoms with Crippen molar-refractivity contribution >= 4 is 23.2 Å². The van der Waals surface area contributed by atoms with Crippen LogP contribution in [0.1, 0.15) is 21.5 Å². The summed E-state index contributed by atoms with van der Waals surface area (Å²) >= 11 is 5.90. The Morgan fingerprint density at radius 3 is 2.21 bits per heavy atom. The summed E-state index contributed by atoms with van der Waals surface area (Å²) in [5, 5.41) is 23.8. The lowest BCUT2D eigenvalue weighted by Crippen LogP contribution is -2.25. The van der Waals surface area contributed by atoms with E-state index in [0.29, 0.717) is 28.1 Å². The van der Waals surface area contributed by atoms with Gasteiger partial charge in [0.15, 0.2) is 0 Å². The van der Waals surface area contributed by atoms with Crippen molar-refractivity contribution in [2.75, 3.05) is 6.54 Å². The van der Waals surface area contributed by atoms with E-state index < -0.39 is 4.92 Å². The van der Waals surface area contributed by atoms with Crippen LogP contribution in [0.15, 0.2) is 66.7 Å². The van der Waals surface area contributed by atoms with Crippen molar-refractivity contribution < 1.29 is 14.8 Å². The van der Waals surface area contributed by atoms with Crippen LogP contribution < -0.4 is 5.32 Å². The van der Waals surface area contributed by atoms with Gasteiger partial charge in [-0.2, -0.15) is 0 Å². The Morgan fingerprint density at radius 2 is 1.62 bits per heavy atom. The number of hydrogen-bond acceptors (Lipinski definition) is 4. The molecule has 0 saturated carbocycles. The van der Waals surface area contributed by atoms with Crippen LogP contribution in [0, 0.1) is 10.1 Å². The predicted octanol–water partition coefficient (Wildman–Crippen LogP) is 4.38. The van der Waals surface area contributed by atoms with Gasteiger partial charge in [0.1, 0.15) is 0 Å². The van der Waals surface area contributed by atoms with Gasteiger partial charge in [0.2, 0.25) is 0 Å². The molecule has 6 nitrogen and oxygen atoms in total. The first-order valence-electron chi connectivity index (χ1n) is 8.99. The average Bonchev–Trinajstić information content (AvgIpc) is 2.74. The molecule has 0 unspecified atom stereocenters. The number of nitrogens with zero attached hydrogens (tertiary/aromatic N) is 1. The molecule has 0 aliphatic rings. The Balaban J connectivity index is 1.61.